The molecule has 0 spiro atoms. The standard InChI is InChI=1S/C20H26N2O/c1-5-22(6-2)20(23)19(18-9-7-8-14-21-18)17-12-10-16(11-13-17)15(3)4/h7-15,19H,5-6H2,1-4H3. The van der Waals surface area contributed by atoms with E-state index in [1.165, 1.54) is 5.56 Å². The molecular weight excluding hydrogens is 284 g/mol. The highest BCUT2D eigenvalue weighted by Gasteiger charge is 2.27. The molecule has 122 valence electrons. The van der Waals surface area contributed by atoms with Crippen LogP contribution in [-0.4, -0.2) is 28.9 Å². The van der Waals surface area contributed by atoms with Crippen LogP contribution in [-0.2, 0) is 4.79 Å². The lowest BCUT2D eigenvalue weighted by Gasteiger charge is -2.25. The van der Waals surface area contributed by atoms with Gasteiger partial charge >= 0.3 is 0 Å². The number of nitrogens with zero attached hydrogens (tertiary/aromatic N) is 2. The first-order chi connectivity index (χ1) is 11.1. The second-order valence-corrected chi connectivity index (χ2v) is 6.02. The van der Waals surface area contributed by atoms with E-state index in [1.807, 2.05) is 36.9 Å². The van der Waals surface area contributed by atoms with Gasteiger partial charge in [0.15, 0.2) is 0 Å². The number of likely N-dealkylation sites (N-methyl/N-ethyl adjacent to an activating group) is 1. The molecule has 0 saturated heterocycles. The second-order valence-electron chi connectivity index (χ2n) is 6.02. The number of carbonyl (C=O) groups excluding carboxylic acids is 1. The topological polar surface area (TPSA) is 33.2 Å². The Morgan fingerprint density at radius 1 is 1.00 bits per heavy atom. The van der Waals surface area contributed by atoms with Crippen LogP contribution in [0.4, 0.5) is 0 Å². The van der Waals surface area contributed by atoms with Crippen LogP contribution >= 0.6 is 0 Å². The van der Waals surface area contributed by atoms with Crippen molar-refractivity contribution >= 4 is 5.91 Å². The van der Waals surface area contributed by atoms with Crippen LogP contribution in [0.1, 0.15) is 56.4 Å². The Hall–Kier alpha value is -2.16. The third-order valence-electron chi connectivity index (χ3n) is 4.24. The van der Waals surface area contributed by atoms with Crippen molar-refractivity contribution in [2.24, 2.45) is 0 Å². The molecule has 0 aliphatic heterocycles. The molecule has 2 aromatic rings. The molecule has 0 aliphatic rings. The lowest BCUT2D eigenvalue weighted by molar-refractivity contribution is -0.131. The van der Waals surface area contributed by atoms with Gasteiger partial charge in [0.05, 0.1) is 5.69 Å². The molecule has 3 nitrogen and oxygen atoms in total. The van der Waals surface area contributed by atoms with E-state index in [-0.39, 0.29) is 11.8 Å². The molecule has 2 rings (SSSR count). The first-order valence-corrected chi connectivity index (χ1v) is 8.38. The Balaban J connectivity index is 2.43. The summed E-state index contributed by atoms with van der Waals surface area (Å²) in [5.74, 6) is 0.263. The van der Waals surface area contributed by atoms with Crippen molar-refractivity contribution in [2.45, 2.75) is 39.5 Å². The van der Waals surface area contributed by atoms with Gasteiger partial charge in [-0.1, -0.05) is 44.2 Å². The molecule has 0 fully saturated rings. The van der Waals surface area contributed by atoms with Gasteiger partial charge in [-0.2, -0.15) is 0 Å². The van der Waals surface area contributed by atoms with Crippen LogP contribution in [0.5, 0.6) is 0 Å². The summed E-state index contributed by atoms with van der Waals surface area (Å²) in [5.41, 5.74) is 3.09. The number of hydrogen-bond donors (Lipinski definition) is 0. The summed E-state index contributed by atoms with van der Waals surface area (Å²) in [6, 6.07) is 14.1. The first kappa shape index (κ1) is 17.2. The minimum Gasteiger partial charge on any atom is -0.342 e. The SMILES string of the molecule is CCN(CC)C(=O)C(c1ccc(C(C)C)cc1)c1ccccn1. The Morgan fingerprint density at radius 3 is 2.09 bits per heavy atom. The molecule has 1 heterocycles. The quantitative estimate of drug-likeness (QED) is 0.801. The average molecular weight is 310 g/mol. The molecule has 1 amide bonds. The summed E-state index contributed by atoms with van der Waals surface area (Å²) >= 11 is 0. The monoisotopic (exact) mass is 310 g/mol. The summed E-state index contributed by atoms with van der Waals surface area (Å²) < 4.78 is 0. The van der Waals surface area contributed by atoms with Crippen molar-refractivity contribution < 1.29 is 4.79 Å². The fourth-order valence-electron chi connectivity index (χ4n) is 2.78. The van der Waals surface area contributed by atoms with E-state index < -0.39 is 0 Å². The number of aromatic nitrogens is 1. The van der Waals surface area contributed by atoms with Crippen molar-refractivity contribution in [1.82, 2.24) is 9.88 Å². The molecule has 1 atom stereocenters. The summed E-state index contributed by atoms with van der Waals surface area (Å²) in [6.07, 6.45) is 1.75. The predicted molar refractivity (Wildman–Crippen MR) is 94.5 cm³/mol. The second kappa shape index (κ2) is 7.91. The number of carbonyl (C=O) groups is 1. The predicted octanol–water partition coefficient (Wildman–Crippen LogP) is 4.21. The molecule has 0 aliphatic carbocycles. The van der Waals surface area contributed by atoms with Crippen molar-refractivity contribution in [1.29, 1.82) is 0 Å². The molecule has 1 aromatic heterocycles. The van der Waals surface area contributed by atoms with Crippen molar-refractivity contribution in [3.63, 3.8) is 0 Å². The highest BCUT2D eigenvalue weighted by molar-refractivity contribution is 5.86. The minimum absolute atomic E-state index is 0.117. The third-order valence-corrected chi connectivity index (χ3v) is 4.24. The Morgan fingerprint density at radius 2 is 1.61 bits per heavy atom. The van der Waals surface area contributed by atoms with Gasteiger partial charge in [0.2, 0.25) is 5.91 Å². The Kier molecular flexibility index (Phi) is 5.91. The molecule has 0 bridgehead atoms. The maximum absolute atomic E-state index is 13.0. The molecule has 1 unspecified atom stereocenters. The highest BCUT2D eigenvalue weighted by Crippen LogP contribution is 2.27. The van der Waals surface area contributed by atoms with E-state index >= 15 is 0 Å². The summed E-state index contributed by atoms with van der Waals surface area (Å²) in [5, 5.41) is 0. The molecule has 1 aromatic carbocycles. The lowest BCUT2D eigenvalue weighted by atomic mass is 9.91. The van der Waals surface area contributed by atoms with Gasteiger partial charge in [-0.05, 0) is 43.0 Å². The Labute approximate surface area is 139 Å². The molecule has 23 heavy (non-hydrogen) atoms. The number of amides is 1. The molecule has 0 radical (unpaired) electrons. The van der Waals surface area contributed by atoms with E-state index in [0.717, 1.165) is 11.3 Å². The van der Waals surface area contributed by atoms with Crippen LogP contribution < -0.4 is 0 Å². The summed E-state index contributed by atoms with van der Waals surface area (Å²) in [4.78, 5) is 19.3. The van der Waals surface area contributed by atoms with Crippen molar-refractivity contribution in [3.8, 4) is 0 Å². The van der Waals surface area contributed by atoms with E-state index in [9.17, 15) is 4.79 Å². The maximum atomic E-state index is 13.0. The summed E-state index contributed by atoms with van der Waals surface area (Å²) in [7, 11) is 0. The number of pyridine rings is 1. The lowest BCUT2D eigenvalue weighted by Crippen LogP contribution is -2.35. The fourth-order valence-corrected chi connectivity index (χ4v) is 2.78. The molecule has 3 heteroatoms. The van der Waals surface area contributed by atoms with Gasteiger partial charge in [0.25, 0.3) is 0 Å². The first-order valence-electron chi connectivity index (χ1n) is 8.38. The molecular formula is C20H26N2O. The number of hydrogen-bond acceptors (Lipinski definition) is 2. The van der Waals surface area contributed by atoms with Crippen LogP contribution in [0, 0.1) is 0 Å². The van der Waals surface area contributed by atoms with Crippen LogP contribution in [0.2, 0.25) is 0 Å². The van der Waals surface area contributed by atoms with Crippen LogP contribution in [0.3, 0.4) is 0 Å². The third kappa shape index (κ3) is 3.98. The van der Waals surface area contributed by atoms with E-state index in [2.05, 4.69) is 43.1 Å². The van der Waals surface area contributed by atoms with Gasteiger partial charge in [-0.15, -0.1) is 0 Å². The highest BCUT2D eigenvalue weighted by atomic mass is 16.2. The molecule has 0 N–H and O–H groups in total. The fraction of sp³-hybridized carbons (Fsp3) is 0.400. The van der Waals surface area contributed by atoms with E-state index in [0.29, 0.717) is 19.0 Å². The van der Waals surface area contributed by atoms with Crippen LogP contribution in [0.25, 0.3) is 0 Å². The Bertz CT molecular complexity index is 616. The average Bonchev–Trinajstić information content (AvgIpc) is 2.57. The van der Waals surface area contributed by atoms with Crippen LogP contribution in [0.15, 0.2) is 48.7 Å². The number of rotatable bonds is 6. The maximum Gasteiger partial charge on any atom is 0.236 e. The molecule has 0 saturated carbocycles. The van der Waals surface area contributed by atoms with Gasteiger partial charge in [0, 0.05) is 19.3 Å². The van der Waals surface area contributed by atoms with Gasteiger partial charge in [0.1, 0.15) is 5.92 Å². The van der Waals surface area contributed by atoms with Gasteiger partial charge in [-0.25, -0.2) is 0 Å². The minimum atomic E-state index is -0.336. The van der Waals surface area contributed by atoms with Gasteiger partial charge in [-0.3, -0.25) is 9.78 Å². The van der Waals surface area contributed by atoms with E-state index in [4.69, 9.17) is 0 Å². The number of benzene rings is 1. The van der Waals surface area contributed by atoms with Gasteiger partial charge < -0.3 is 4.90 Å². The zero-order chi connectivity index (χ0) is 16.8. The zero-order valence-electron chi connectivity index (χ0n) is 14.5. The summed E-state index contributed by atoms with van der Waals surface area (Å²) in [6.45, 7) is 9.79. The van der Waals surface area contributed by atoms with Crippen molar-refractivity contribution in [2.75, 3.05) is 13.1 Å². The largest absolute Gasteiger partial charge is 0.342 e. The van der Waals surface area contributed by atoms with E-state index in [1.54, 1.807) is 6.20 Å². The normalized spacial score (nSPS) is 12.2. The smallest absolute Gasteiger partial charge is 0.236 e. The van der Waals surface area contributed by atoms with Crippen molar-refractivity contribution in [3.05, 3.63) is 65.5 Å². The zero-order valence-corrected chi connectivity index (χ0v) is 14.5.